The van der Waals surface area contributed by atoms with Crippen LogP contribution in [0.4, 0.5) is 0 Å². The molecule has 4 nitrogen and oxygen atoms in total. The van der Waals surface area contributed by atoms with Crippen molar-refractivity contribution >= 4 is 11.8 Å². The average molecular weight is 174 g/mol. The van der Waals surface area contributed by atoms with Crippen molar-refractivity contribution in [3.05, 3.63) is 0 Å². The van der Waals surface area contributed by atoms with Crippen molar-refractivity contribution in [1.82, 2.24) is 0 Å². The third-order valence-electron chi connectivity index (χ3n) is 1.56. The molecule has 0 saturated carbocycles. The van der Waals surface area contributed by atoms with Gasteiger partial charge in [-0.1, -0.05) is 6.92 Å². The summed E-state index contributed by atoms with van der Waals surface area (Å²) in [6.07, 6.45) is 0.474. The summed E-state index contributed by atoms with van der Waals surface area (Å²) in [6, 6.07) is 0. The first-order valence-electron chi connectivity index (χ1n) is 3.93. The van der Waals surface area contributed by atoms with Crippen molar-refractivity contribution in [2.24, 2.45) is 0 Å². The first kappa shape index (κ1) is 11.1. The van der Waals surface area contributed by atoms with Gasteiger partial charge in [0.25, 0.3) is 0 Å². The molecule has 0 radical (unpaired) electrons. The number of carboxylic acids is 1. The highest BCUT2D eigenvalue weighted by molar-refractivity contribution is 5.79. The summed E-state index contributed by atoms with van der Waals surface area (Å²) < 4.78 is 0.224. The molecule has 0 atom stereocenters. The van der Waals surface area contributed by atoms with Crippen LogP contribution in [-0.4, -0.2) is 48.5 Å². The number of quaternary nitrogens is 1. The normalized spacial score (nSPS) is 11.2. The lowest BCUT2D eigenvalue weighted by atomic mass is 10.2. The van der Waals surface area contributed by atoms with E-state index in [2.05, 4.69) is 0 Å². The van der Waals surface area contributed by atoms with Gasteiger partial charge in [-0.05, 0) is 0 Å². The lowest BCUT2D eigenvalue weighted by Gasteiger charge is -2.26. The Bertz CT molecular complexity index is 187. The molecule has 0 amide bonds. The molecule has 0 bridgehead atoms. The van der Waals surface area contributed by atoms with Gasteiger partial charge in [-0.2, -0.15) is 0 Å². The Morgan fingerprint density at radius 2 is 1.75 bits per heavy atom. The Labute approximate surface area is 72.4 Å². The molecule has 0 aliphatic carbocycles. The maximum Gasteiger partial charge on any atom is 0.359 e. The number of carbonyl (C=O) groups is 2. The van der Waals surface area contributed by atoms with Gasteiger partial charge in [0, 0.05) is 6.42 Å². The Hall–Kier alpha value is -0.900. The van der Waals surface area contributed by atoms with Crippen molar-refractivity contribution < 1.29 is 19.2 Å². The van der Waals surface area contributed by atoms with Crippen LogP contribution in [0, 0.1) is 0 Å². The van der Waals surface area contributed by atoms with Crippen LogP contribution < -0.4 is 0 Å². The van der Waals surface area contributed by atoms with E-state index in [4.69, 9.17) is 5.11 Å². The molecule has 12 heavy (non-hydrogen) atoms. The van der Waals surface area contributed by atoms with Gasteiger partial charge in [0.05, 0.1) is 14.1 Å². The molecular formula is C8H16NO3+. The fourth-order valence-electron chi connectivity index (χ4n) is 1.01. The SMILES string of the molecule is CCC(=O)C[N+](C)(C)CC(=O)O. The van der Waals surface area contributed by atoms with Crippen molar-refractivity contribution in [2.75, 3.05) is 27.2 Å². The summed E-state index contributed by atoms with van der Waals surface area (Å²) in [5.41, 5.74) is 0. The molecular weight excluding hydrogens is 158 g/mol. The van der Waals surface area contributed by atoms with Crippen LogP contribution in [0.2, 0.25) is 0 Å². The van der Waals surface area contributed by atoms with Gasteiger partial charge in [0.2, 0.25) is 0 Å². The number of likely N-dealkylation sites (N-methyl/N-ethyl adjacent to an activating group) is 1. The number of nitrogens with zero attached hydrogens (tertiary/aromatic N) is 1. The number of Topliss-reactive ketones (excluding diaryl/α,β-unsaturated/α-hetero) is 1. The van der Waals surface area contributed by atoms with Gasteiger partial charge in [-0.15, -0.1) is 0 Å². The second kappa shape index (κ2) is 4.21. The molecule has 0 aromatic heterocycles. The fraction of sp³-hybridized carbons (Fsp3) is 0.750. The number of carboxylic acid groups (broad SMARTS) is 1. The minimum absolute atomic E-state index is 0.00819. The van der Waals surface area contributed by atoms with E-state index in [0.29, 0.717) is 13.0 Å². The highest BCUT2D eigenvalue weighted by Gasteiger charge is 2.21. The van der Waals surface area contributed by atoms with Crippen molar-refractivity contribution in [3.8, 4) is 0 Å². The lowest BCUT2D eigenvalue weighted by molar-refractivity contribution is -0.874. The number of ketones is 1. The quantitative estimate of drug-likeness (QED) is 0.602. The standard InChI is InChI=1S/C8H15NO3/c1-4-7(10)5-9(2,3)6-8(11)12/h4-6H2,1-3H3/p+1. The molecule has 4 heteroatoms. The van der Waals surface area contributed by atoms with Gasteiger partial charge in [-0.25, -0.2) is 4.79 Å². The van der Waals surface area contributed by atoms with Crippen LogP contribution in [0.15, 0.2) is 0 Å². The Morgan fingerprint density at radius 3 is 2.08 bits per heavy atom. The summed E-state index contributed by atoms with van der Waals surface area (Å²) >= 11 is 0. The summed E-state index contributed by atoms with van der Waals surface area (Å²) in [5, 5.41) is 8.51. The summed E-state index contributed by atoms with van der Waals surface area (Å²) in [4.78, 5) is 21.4. The van der Waals surface area contributed by atoms with E-state index >= 15 is 0 Å². The van der Waals surface area contributed by atoms with Crippen LogP contribution in [0.25, 0.3) is 0 Å². The van der Waals surface area contributed by atoms with E-state index in [0.717, 1.165) is 0 Å². The molecule has 0 aromatic rings. The zero-order chi connectivity index (χ0) is 9.78. The van der Waals surface area contributed by atoms with Crippen LogP contribution in [0.5, 0.6) is 0 Å². The minimum atomic E-state index is -0.871. The number of aliphatic carboxylic acids is 1. The second-order valence-corrected chi connectivity index (χ2v) is 3.54. The first-order chi connectivity index (χ1) is 5.37. The fourth-order valence-corrected chi connectivity index (χ4v) is 1.01. The number of hydrogen-bond acceptors (Lipinski definition) is 2. The predicted molar refractivity (Wildman–Crippen MR) is 44.8 cm³/mol. The maximum atomic E-state index is 11.0. The maximum absolute atomic E-state index is 11.0. The van der Waals surface area contributed by atoms with Crippen LogP contribution in [0.1, 0.15) is 13.3 Å². The van der Waals surface area contributed by atoms with Gasteiger partial charge in [0.15, 0.2) is 12.3 Å². The van der Waals surface area contributed by atoms with E-state index < -0.39 is 5.97 Å². The predicted octanol–water partition coefficient (Wildman–Crippen LogP) is 0.126. The molecule has 0 saturated heterocycles. The summed E-state index contributed by atoms with van der Waals surface area (Å²) in [6.45, 7) is 2.07. The molecule has 0 rings (SSSR count). The van der Waals surface area contributed by atoms with Gasteiger partial charge in [-0.3, -0.25) is 4.79 Å². The number of rotatable bonds is 5. The molecule has 0 heterocycles. The molecule has 0 fully saturated rings. The Balaban J connectivity index is 4.03. The van der Waals surface area contributed by atoms with E-state index in [1.165, 1.54) is 0 Å². The van der Waals surface area contributed by atoms with Gasteiger partial charge < -0.3 is 9.59 Å². The molecule has 0 aliphatic rings. The van der Waals surface area contributed by atoms with E-state index in [1.54, 1.807) is 21.0 Å². The molecule has 0 aliphatic heterocycles. The zero-order valence-electron chi connectivity index (χ0n) is 7.83. The van der Waals surface area contributed by atoms with Crippen LogP contribution >= 0.6 is 0 Å². The second-order valence-electron chi connectivity index (χ2n) is 3.54. The van der Waals surface area contributed by atoms with E-state index in [1.807, 2.05) is 0 Å². The first-order valence-corrected chi connectivity index (χ1v) is 3.93. The molecule has 0 unspecified atom stereocenters. The van der Waals surface area contributed by atoms with E-state index in [-0.39, 0.29) is 16.8 Å². The largest absolute Gasteiger partial charge is 0.477 e. The number of hydrogen-bond donors (Lipinski definition) is 1. The van der Waals surface area contributed by atoms with Crippen LogP contribution in [-0.2, 0) is 9.59 Å². The molecule has 0 spiro atoms. The topological polar surface area (TPSA) is 54.4 Å². The van der Waals surface area contributed by atoms with Crippen molar-refractivity contribution in [1.29, 1.82) is 0 Å². The summed E-state index contributed by atoms with van der Waals surface area (Å²) in [5.74, 6) is -0.773. The Morgan fingerprint density at radius 1 is 1.25 bits per heavy atom. The minimum Gasteiger partial charge on any atom is -0.477 e. The van der Waals surface area contributed by atoms with Crippen molar-refractivity contribution in [2.45, 2.75) is 13.3 Å². The smallest absolute Gasteiger partial charge is 0.359 e. The lowest BCUT2D eigenvalue weighted by Crippen LogP contribution is -2.47. The molecule has 1 N–H and O–H groups in total. The highest BCUT2D eigenvalue weighted by atomic mass is 16.4. The van der Waals surface area contributed by atoms with E-state index in [9.17, 15) is 9.59 Å². The molecule has 0 aromatic carbocycles. The monoisotopic (exact) mass is 174 g/mol. The molecule has 70 valence electrons. The highest BCUT2D eigenvalue weighted by Crippen LogP contribution is 1.98. The average Bonchev–Trinajstić information content (AvgIpc) is 1.83. The number of carbonyl (C=O) groups excluding carboxylic acids is 1. The third kappa shape index (κ3) is 4.85. The van der Waals surface area contributed by atoms with Crippen molar-refractivity contribution in [3.63, 3.8) is 0 Å². The van der Waals surface area contributed by atoms with Gasteiger partial charge >= 0.3 is 5.97 Å². The van der Waals surface area contributed by atoms with Gasteiger partial charge in [0.1, 0.15) is 6.54 Å². The summed E-state index contributed by atoms with van der Waals surface area (Å²) in [7, 11) is 3.48. The Kier molecular flexibility index (Phi) is 3.89. The third-order valence-corrected chi connectivity index (χ3v) is 1.56. The zero-order valence-corrected chi connectivity index (χ0v) is 7.83. The van der Waals surface area contributed by atoms with Crippen LogP contribution in [0.3, 0.4) is 0 Å².